The summed E-state index contributed by atoms with van der Waals surface area (Å²) >= 11 is 0. The van der Waals surface area contributed by atoms with Crippen LogP contribution in [0, 0.1) is 17.8 Å². The van der Waals surface area contributed by atoms with Crippen molar-refractivity contribution in [1.82, 2.24) is 0 Å². The maximum Gasteiger partial charge on any atom is 0.0545 e. The van der Waals surface area contributed by atoms with Crippen molar-refractivity contribution >= 4 is 0 Å². The molecule has 1 fully saturated rings. The van der Waals surface area contributed by atoms with Crippen molar-refractivity contribution in [2.45, 2.75) is 65.4 Å². The summed E-state index contributed by atoms with van der Waals surface area (Å²) in [6, 6.07) is 0. The van der Waals surface area contributed by atoms with Crippen LogP contribution in [0.25, 0.3) is 0 Å². The molecule has 0 spiro atoms. The summed E-state index contributed by atoms with van der Waals surface area (Å²) in [6.07, 6.45) is 7.35. The summed E-state index contributed by atoms with van der Waals surface area (Å²) in [5, 5.41) is 9.79. The van der Waals surface area contributed by atoms with Gasteiger partial charge in [0.1, 0.15) is 0 Å². The van der Waals surface area contributed by atoms with E-state index in [4.69, 9.17) is 0 Å². The van der Waals surface area contributed by atoms with Crippen LogP contribution in [0.4, 0.5) is 0 Å². The van der Waals surface area contributed by atoms with Crippen LogP contribution in [0.5, 0.6) is 0 Å². The fourth-order valence-electron chi connectivity index (χ4n) is 3.03. The Bertz CT molecular complexity index is 151. The second-order valence-electron chi connectivity index (χ2n) is 5.51. The van der Waals surface area contributed by atoms with Gasteiger partial charge in [-0.1, -0.05) is 33.6 Å². The smallest absolute Gasteiger partial charge is 0.0545 e. The molecule has 1 saturated carbocycles. The normalized spacial score (nSPS) is 33.6. The molecule has 84 valence electrons. The number of hydrogen-bond donors (Lipinski definition) is 1. The van der Waals surface area contributed by atoms with Gasteiger partial charge in [0, 0.05) is 0 Å². The third-order valence-electron chi connectivity index (χ3n) is 3.38. The zero-order valence-electron chi connectivity index (χ0n) is 10.00. The average molecular weight is 198 g/mol. The molecule has 14 heavy (non-hydrogen) atoms. The minimum absolute atomic E-state index is 0.0101. The summed E-state index contributed by atoms with van der Waals surface area (Å²) in [6.45, 7) is 6.82. The van der Waals surface area contributed by atoms with Gasteiger partial charge in [0.25, 0.3) is 0 Å². The Morgan fingerprint density at radius 1 is 1.14 bits per heavy atom. The molecule has 0 heterocycles. The standard InChI is InChI=1S/C13H26O/c1-4-5-11-7-12(6-10(2)3)9-13(14)8-11/h10-14H,4-9H2,1-3H3. The number of aliphatic hydroxyl groups excluding tert-OH is 1. The Hall–Kier alpha value is -0.0400. The summed E-state index contributed by atoms with van der Waals surface area (Å²) in [5.74, 6) is 2.37. The van der Waals surface area contributed by atoms with Gasteiger partial charge in [-0.05, 0) is 43.4 Å². The maximum atomic E-state index is 9.79. The highest BCUT2D eigenvalue weighted by atomic mass is 16.3. The fraction of sp³-hybridized carbons (Fsp3) is 1.00. The van der Waals surface area contributed by atoms with Gasteiger partial charge in [0.15, 0.2) is 0 Å². The monoisotopic (exact) mass is 198 g/mol. The topological polar surface area (TPSA) is 20.2 Å². The van der Waals surface area contributed by atoms with Crippen molar-refractivity contribution in [3.8, 4) is 0 Å². The van der Waals surface area contributed by atoms with Gasteiger partial charge in [-0.25, -0.2) is 0 Å². The van der Waals surface area contributed by atoms with E-state index in [1.54, 1.807) is 0 Å². The van der Waals surface area contributed by atoms with E-state index in [0.717, 1.165) is 30.6 Å². The first-order chi connectivity index (χ1) is 6.61. The quantitative estimate of drug-likeness (QED) is 0.731. The largest absolute Gasteiger partial charge is 0.393 e. The summed E-state index contributed by atoms with van der Waals surface area (Å²) in [5.41, 5.74) is 0. The van der Waals surface area contributed by atoms with Crippen LogP contribution in [-0.4, -0.2) is 11.2 Å². The van der Waals surface area contributed by atoms with E-state index >= 15 is 0 Å². The predicted octanol–water partition coefficient (Wildman–Crippen LogP) is 3.61. The SMILES string of the molecule is CCCC1CC(O)CC(CC(C)C)C1. The highest BCUT2D eigenvalue weighted by Crippen LogP contribution is 2.35. The third kappa shape index (κ3) is 4.00. The van der Waals surface area contributed by atoms with Crippen molar-refractivity contribution in [2.24, 2.45) is 17.8 Å². The molecule has 1 aliphatic rings. The lowest BCUT2D eigenvalue weighted by Crippen LogP contribution is -2.27. The van der Waals surface area contributed by atoms with Gasteiger partial charge >= 0.3 is 0 Å². The van der Waals surface area contributed by atoms with E-state index < -0.39 is 0 Å². The minimum Gasteiger partial charge on any atom is -0.393 e. The Morgan fingerprint density at radius 2 is 1.79 bits per heavy atom. The lowest BCUT2D eigenvalue weighted by Gasteiger charge is -2.33. The molecule has 0 radical (unpaired) electrons. The van der Waals surface area contributed by atoms with E-state index in [1.807, 2.05) is 0 Å². The molecule has 0 saturated heterocycles. The molecule has 0 amide bonds. The van der Waals surface area contributed by atoms with E-state index in [1.165, 1.54) is 25.7 Å². The van der Waals surface area contributed by atoms with Crippen LogP contribution in [0.2, 0.25) is 0 Å². The molecule has 0 aromatic heterocycles. The zero-order chi connectivity index (χ0) is 10.6. The van der Waals surface area contributed by atoms with Crippen LogP contribution in [0.1, 0.15) is 59.3 Å². The van der Waals surface area contributed by atoms with Crippen LogP contribution < -0.4 is 0 Å². The van der Waals surface area contributed by atoms with E-state index in [9.17, 15) is 5.11 Å². The molecule has 1 rings (SSSR count). The van der Waals surface area contributed by atoms with Gasteiger partial charge in [0.2, 0.25) is 0 Å². The van der Waals surface area contributed by atoms with Gasteiger partial charge in [-0.3, -0.25) is 0 Å². The molecular weight excluding hydrogens is 172 g/mol. The Labute approximate surface area is 88.9 Å². The molecular formula is C13H26O. The van der Waals surface area contributed by atoms with E-state index in [2.05, 4.69) is 20.8 Å². The van der Waals surface area contributed by atoms with Crippen molar-refractivity contribution in [3.05, 3.63) is 0 Å². The Balaban J connectivity index is 2.37. The first-order valence-electron chi connectivity index (χ1n) is 6.29. The second kappa shape index (κ2) is 5.75. The van der Waals surface area contributed by atoms with Crippen LogP contribution in [0.15, 0.2) is 0 Å². The van der Waals surface area contributed by atoms with Crippen molar-refractivity contribution in [1.29, 1.82) is 0 Å². The van der Waals surface area contributed by atoms with Crippen molar-refractivity contribution in [3.63, 3.8) is 0 Å². The van der Waals surface area contributed by atoms with Crippen molar-refractivity contribution in [2.75, 3.05) is 0 Å². The molecule has 0 aromatic rings. The Morgan fingerprint density at radius 3 is 2.36 bits per heavy atom. The zero-order valence-corrected chi connectivity index (χ0v) is 10.00. The second-order valence-corrected chi connectivity index (χ2v) is 5.51. The molecule has 1 N–H and O–H groups in total. The molecule has 1 aliphatic carbocycles. The van der Waals surface area contributed by atoms with Crippen LogP contribution >= 0.6 is 0 Å². The molecule has 0 aromatic carbocycles. The minimum atomic E-state index is -0.0101. The van der Waals surface area contributed by atoms with Gasteiger partial charge in [-0.15, -0.1) is 0 Å². The van der Waals surface area contributed by atoms with Crippen molar-refractivity contribution < 1.29 is 5.11 Å². The lowest BCUT2D eigenvalue weighted by molar-refractivity contribution is 0.0602. The average Bonchev–Trinajstić information content (AvgIpc) is 2.01. The maximum absolute atomic E-state index is 9.79. The van der Waals surface area contributed by atoms with E-state index in [-0.39, 0.29) is 6.10 Å². The Kier molecular flexibility index (Phi) is 4.94. The molecule has 0 bridgehead atoms. The van der Waals surface area contributed by atoms with Crippen LogP contribution in [-0.2, 0) is 0 Å². The highest BCUT2D eigenvalue weighted by molar-refractivity contribution is 4.79. The van der Waals surface area contributed by atoms with E-state index in [0.29, 0.717) is 0 Å². The predicted molar refractivity (Wildman–Crippen MR) is 61.2 cm³/mol. The summed E-state index contributed by atoms with van der Waals surface area (Å²) in [7, 11) is 0. The third-order valence-corrected chi connectivity index (χ3v) is 3.38. The van der Waals surface area contributed by atoms with Gasteiger partial charge < -0.3 is 5.11 Å². The molecule has 3 unspecified atom stereocenters. The highest BCUT2D eigenvalue weighted by Gasteiger charge is 2.27. The van der Waals surface area contributed by atoms with Gasteiger partial charge in [0.05, 0.1) is 6.10 Å². The molecule has 0 aliphatic heterocycles. The first kappa shape index (κ1) is 12.0. The summed E-state index contributed by atoms with van der Waals surface area (Å²) in [4.78, 5) is 0. The fourth-order valence-corrected chi connectivity index (χ4v) is 3.03. The molecule has 1 heteroatoms. The lowest BCUT2D eigenvalue weighted by atomic mass is 9.75. The number of hydrogen-bond acceptors (Lipinski definition) is 1. The molecule has 1 nitrogen and oxygen atoms in total. The molecule has 3 atom stereocenters. The van der Waals surface area contributed by atoms with Crippen LogP contribution in [0.3, 0.4) is 0 Å². The number of rotatable bonds is 4. The summed E-state index contributed by atoms with van der Waals surface area (Å²) < 4.78 is 0. The first-order valence-corrected chi connectivity index (χ1v) is 6.29. The van der Waals surface area contributed by atoms with Gasteiger partial charge in [-0.2, -0.15) is 0 Å². The number of aliphatic hydroxyl groups is 1.